The SMILES string of the molecule is Cc1occc1-c1ncc(C(C)N)s1. The Balaban J connectivity index is 2.39. The quantitative estimate of drug-likeness (QED) is 0.825. The normalized spacial score (nSPS) is 13.1. The molecule has 0 aliphatic rings. The summed E-state index contributed by atoms with van der Waals surface area (Å²) in [5, 5.41) is 0.976. The maximum absolute atomic E-state index is 5.77. The molecule has 2 N–H and O–H groups in total. The molecule has 0 aliphatic carbocycles. The van der Waals surface area contributed by atoms with E-state index in [0.717, 1.165) is 21.2 Å². The first-order valence-electron chi connectivity index (χ1n) is 4.44. The minimum Gasteiger partial charge on any atom is -0.469 e. The van der Waals surface area contributed by atoms with Crippen molar-refractivity contribution in [3.8, 4) is 10.6 Å². The largest absolute Gasteiger partial charge is 0.469 e. The van der Waals surface area contributed by atoms with E-state index >= 15 is 0 Å². The zero-order valence-corrected chi connectivity index (χ0v) is 8.97. The Hall–Kier alpha value is -1.13. The van der Waals surface area contributed by atoms with Gasteiger partial charge in [-0.3, -0.25) is 0 Å². The zero-order valence-electron chi connectivity index (χ0n) is 8.15. The number of aryl methyl sites for hydroxylation is 1. The molecule has 3 nitrogen and oxygen atoms in total. The number of nitrogens with two attached hydrogens (primary N) is 1. The highest BCUT2D eigenvalue weighted by Crippen LogP contribution is 2.30. The van der Waals surface area contributed by atoms with Crippen LogP contribution in [0.15, 0.2) is 22.9 Å². The van der Waals surface area contributed by atoms with Gasteiger partial charge in [0, 0.05) is 17.1 Å². The number of hydrogen-bond donors (Lipinski definition) is 1. The average molecular weight is 208 g/mol. The molecule has 14 heavy (non-hydrogen) atoms. The third-order valence-corrected chi connectivity index (χ3v) is 3.29. The van der Waals surface area contributed by atoms with Gasteiger partial charge < -0.3 is 10.2 Å². The Bertz CT molecular complexity index is 431. The monoisotopic (exact) mass is 208 g/mol. The molecule has 2 rings (SSSR count). The minimum atomic E-state index is 0.0495. The lowest BCUT2D eigenvalue weighted by molar-refractivity contribution is 0.535. The molecule has 0 fully saturated rings. The molecule has 0 aliphatic heterocycles. The summed E-state index contributed by atoms with van der Waals surface area (Å²) < 4.78 is 5.22. The fraction of sp³-hybridized carbons (Fsp3) is 0.300. The van der Waals surface area contributed by atoms with E-state index in [2.05, 4.69) is 4.98 Å². The topological polar surface area (TPSA) is 52.0 Å². The zero-order chi connectivity index (χ0) is 10.1. The van der Waals surface area contributed by atoms with Crippen LogP contribution in [0.3, 0.4) is 0 Å². The van der Waals surface area contributed by atoms with Crippen LogP contribution in [-0.4, -0.2) is 4.98 Å². The van der Waals surface area contributed by atoms with E-state index < -0.39 is 0 Å². The molecule has 1 atom stereocenters. The van der Waals surface area contributed by atoms with E-state index in [1.807, 2.05) is 26.1 Å². The van der Waals surface area contributed by atoms with Gasteiger partial charge >= 0.3 is 0 Å². The fourth-order valence-corrected chi connectivity index (χ4v) is 2.17. The van der Waals surface area contributed by atoms with E-state index in [0.29, 0.717) is 0 Å². The number of aromatic nitrogens is 1. The van der Waals surface area contributed by atoms with Crippen LogP contribution < -0.4 is 5.73 Å². The molecule has 0 saturated carbocycles. The van der Waals surface area contributed by atoms with Crippen LogP contribution in [0, 0.1) is 6.92 Å². The molecule has 2 aromatic rings. The summed E-state index contributed by atoms with van der Waals surface area (Å²) in [5.74, 6) is 0.899. The van der Waals surface area contributed by atoms with Gasteiger partial charge in [0.25, 0.3) is 0 Å². The second-order valence-corrected chi connectivity index (χ2v) is 4.31. The molecule has 2 heterocycles. The second-order valence-electron chi connectivity index (χ2n) is 3.25. The van der Waals surface area contributed by atoms with Crippen molar-refractivity contribution in [3.63, 3.8) is 0 Å². The van der Waals surface area contributed by atoms with Crippen molar-refractivity contribution >= 4 is 11.3 Å². The Morgan fingerprint density at radius 2 is 2.36 bits per heavy atom. The van der Waals surface area contributed by atoms with Gasteiger partial charge in [0.15, 0.2) is 0 Å². The molecular weight excluding hydrogens is 196 g/mol. The number of hydrogen-bond acceptors (Lipinski definition) is 4. The summed E-state index contributed by atoms with van der Waals surface area (Å²) >= 11 is 1.62. The van der Waals surface area contributed by atoms with Crippen molar-refractivity contribution in [3.05, 3.63) is 29.2 Å². The van der Waals surface area contributed by atoms with Gasteiger partial charge in [-0.2, -0.15) is 0 Å². The van der Waals surface area contributed by atoms with Crippen molar-refractivity contribution in [1.29, 1.82) is 0 Å². The first-order valence-corrected chi connectivity index (χ1v) is 5.26. The van der Waals surface area contributed by atoms with Gasteiger partial charge in [-0.15, -0.1) is 11.3 Å². The van der Waals surface area contributed by atoms with Crippen molar-refractivity contribution in [1.82, 2.24) is 4.98 Å². The minimum absolute atomic E-state index is 0.0495. The molecule has 0 saturated heterocycles. The fourth-order valence-electron chi connectivity index (χ4n) is 1.23. The van der Waals surface area contributed by atoms with E-state index in [1.165, 1.54) is 0 Å². The van der Waals surface area contributed by atoms with Gasteiger partial charge in [0.05, 0.1) is 11.8 Å². The Morgan fingerprint density at radius 3 is 2.86 bits per heavy atom. The molecule has 4 heteroatoms. The van der Waals surface area contributed by atoms with Crippen LogP contribution in [0.2, 0.25) is 0 Å². The average Bonchev–Trinajstić information content (AvgIpc) is 2.71. The third-order valence-electron chi connectivity index (χ3n) is 2.06. The summed E-state index contributed by atoms with van der Waals surface area (Å²) in [6.07, 6.45) is 3.51. The Kier molecular flexibility index (Phi) is 2.39. The van der Waals surface area contributed by atoms with Gasteiger partial charge in [-0.1, -0.05) is 0 Å². The lowest BCUT2D eigenvalue weighted by Gasteiger charge is -1.96. The van der Waals surface area contributed by atoms with E-state index in [4.69, 9.17) is 10.2 Å². The smallest absolute Gasteiger partial charge is 0.127 e. The van der Waals surface area contributed by atoms with Gasteiger partial charge in [0.2, 0.25) is 0 Å². The highest BCUT2D eigenvalue weighted by molar-refractivity contribution is 7.15. The van der Waals surface area contributed by atoms with E-state index in [1.54, 1.807) is 17.6 Å². The van der Waals surface area contributed by atoms with Crippen LogP contribution in [0.1, 0.15) is 23.6 Å². The predicted octanol–water partition coefficient (Wildman–Crippen LogP) is 2.73. The predicted molar refractivity (Wildman–Crippen MR) is 57.2 cm³/mol. The van der Waals surface area contributed by atoms with Gasteiger partial charge in [-0.25, -0.2) is 4.98 Å². The van der Waals surface area contributed by atoms with Crippen LogP contribution in [0.4, 0.5) is 0 Å². The lowest BCUT2D eigenvalue weighted by Crippen LogP contribution is -2.01. The van der Waals surface area contributed by atoms with Crippen LogP contribution in [-0.2, 0) is 0 Å². The Labute approximate surface area is 86.6 Å². The van der Waals surface area contributed by atoms with Crippen LogP contribution >= 0.6 is 11.3 Å². The van der Waals surface area contributed by atoms with Crippen molar-refractivity contribution in [2.24, 2.45) is 5.73 Å². The second kappa shape index (κ2) is 3.55. The maximum atomic E-state index is 5.77. The third kappa shape index (κ3) is 1.58. The number of nitrogens with zero attached hydrogens (tertiary/aromatic N) is 1. The molecule has 2 aromatic heterocycles. The molecule has 0 aromatic carbocycles. The van der Waals surface area contributed by atoms with Gasteiger partial charge in [0.1, 0.15) is 10.8 Å². The molecule has 1 unspecified atom stereocenters. The highest BCUT2D eigenvalue weighted by Gasteiger charge is 2.10. The summed E-state index contributed by atoms with van der Waals surface area (Å²) in [4.78, 5) is 5.42. The van der Waals surface area contributed by atoms with E-state index in [9.17, 15) is 0 Å². The van der Waals surface area contributed by atoms with E-state index in [-0.39, 0.29) is 6.04 Å². The molecular formula is C10H12N2OS. The first-order chi connectivity index (χ1) is 6.68. The Morgan fingerprint density at radius 1 is 1.57 bits per heavy atom. The summed E-state index contributed by atoms with van der Waals surface area (Å²) in [6, 6.07) is 1.98. The van der Waals surface area contributed by atoms with Crippen molar-refractivity contribution in [2.75, 3.05) is 0 Å². The number of rotatable bonds is 2. The van der Waals surface area contributed by atoms with Gasteiger partial charge in [-0.05, 0) is 19.9 Å². The molecule has 0 spiro atoms. The summed E-state index contributed by atoms with van der Waals surface area (Å²) in [5.41, 5.74) is 6.82. The molecule has 74 valence electrons. The molecule has 0 bridgehead atoms. The maximum Gasteiger partial charge on any atom is 0.127 e. The van der Waals surface area contributed by atoms with Crippen LogP contribution in [0.25, 0.3) is 10.6 Å². The van der Waals surface area contributed by atoms with Crippen LogP contribution in [0.5, 0.6) is 0 Å². The first kappa shape index (κ1) is 9.43. The molecule has 0 amide bonds. The van der Waals surface area contributed by atoms with Crippen molar-refractivity contribution < 1.29 is 4.42 Å². The summed E-state index contributed by atoms with van der Waals surface area (Å²) in [7, 11) is 0. The highest BCUT2D eigenvalue weighted by atomic mass is 32.1. The molecule has 0 radical (unpaired) electrons. The lowest BCUT2D eigenvalue weighted by atomic mass is 10.3. The number of furan rings is 1. The summed E-state index contributed by atoms with van der Waals surface area (Å²) in [6.45, 7) is 3.89. The standard InChI is InChI=1S/C10H12N2OS/c1-6(11)9-5-12-10(14-9)8-3-4-13-7(8)2/h3-6H,11H2,1-2H3. The van der Waals surface area contributed by atoms with Crippen molar-refractivity contribution in [2.45, 2.75) is 19.9 Å². The number of thiazole rings is 1.